The molecular formula is C18H24F3NO3. The van der Waals surface area contributed by atoms with Gasteiger partial charge in [0.2, 0.25) is 0 Å². The van der Waals surface area contributed by atoms with E-state index in [9.17, 15) is 28.2 Å². The van der Waals surface area contributed by atoms with Gasteiger partial charge < -0.3 is 10.2 Å². The third-order valence-electron chi connectivity index (χ3n) is 3.88. The molecule has 1 unspecified atom stereocenters. The molecule has 1 aromatic carbocycles. The van der Waals surface area contributed by atoms with Gasteiger partial charge >= 0.3 is 12.3 Å². The first-order valence-electron chi connectivity index (χ1n) is 7.86. The average Bonchev–Trinajstić information content (AvgIpc) is 2.48. The zero-order chi connectivity index (χ0) is 19.4. The van der Waals surface area contributed by atoms with Crippen molar-refractivity contribution < 1.29 is 28.2 Å². The first-order valence-corrected chi connectivity index (χ1v) is 7.86. The molecule has 0 aromatic heterocycles. The molecule has 4 nitrogen and oxygen atoms in total. The molecule has 25 heavy (non-hydrogen) atoms. The fraction of sp³-hybridized carbons (Fsp3) is 0.500. The number of amides is 1. The highest BCUT2D eigenvalue weighted by molar-refractivity contribution is 5.67. The molecule has 1 rings (SSSR count). The van der Waals surface area contributed by atoms with Crippen LogP contribution in [0.15, 0.2) is 36.4 Å². The summed E-state index contributed by atoms with van der Waals surface area (Å²) in [5.74, 6) is -0.576. The molecule has 0 bridgehead atoms. The second kappa shape index (κ2) is 7.91. The molecule has 0 radical (unpaired) electrons. The third-order valence-corrected chi connectivity index (χ3v) is 3.88. The van der Waals surface area contributed by atoms with E-state index in [4.69, 9.17) is 0 Å². The van der Waals surface area contributed by atoms with Gasteiger partial charge in [0.25, 0.3) is 0 Å². The highest BCUT2D eigenvalue weighted by Crippen LogP contribution is 2.33. The summed E-state index contributed by atoms with van der Waals surface area (Å²) in [5, 5.41) is 19.4. The maximum atomic E-state index is 12.7. The summed E-state index contributed by atoms with van der Waals surface area (Å²) in [5.41, 5.74) is -1.06. The normalized spacial score (nSPS) is 15.2. The quantitative estimate of drug-likeness (QED) is 0.761. The second-order valence-corrected chi connectivity index (χ2v) is 6.74. The minimum atomic E-state index is -4.44. The van der Waals surface area contributed by atoms with E-state index in [-0.39, 0.29) is 0 Å². The Kier molecular flexibility index (Phi) is 6.65. The van der Waals surface area contributed by atoms with Gasteiger partial charge in [0, 0.05) is 11.5 Å². The molecule has 0 fully saturated rings. The summed E-state index contributed by atoms with van der Waals surface area (Å²) in [6.07, 6.45) is -2.27. The van der Waals surface area contributed by atoms with E-state index < -0.39 is 41.9 Å². The van der Waals surface area contributed by atoms with Crippen molar-refractivity contribution >= 4 is 6.09 Å². The lowest BCUT2D eigenvalue weighted by Gasteiger charge is -2.41. The van der Waals surface area contributed by atoms with Crippen LogP contribution < -0.4 is 0 Å². The standard InChI is InChI=1S/C18H24F3NO3/c1-5-6-14(12-7-9-13(10-8-12)18(19,20)21)15(11-23)22(16(24)25)17(2,3)4/h5-10,14-15,23H,11H2,1-4H3,(H,24,25)/t14?,15-/m1/s1. The molecule has 0 heterocycles. The Labute approximate surface area is 145 Å². The van der Waals surface area contributed by atoms with Gasteiger partial charge in [-0.25, -0.2) is 4.79 Å². The summed E-state index contributed by atoms with van der Waals surface area (Å²) in [7, 11) is 0. The molecule has 0 saturated heterocycles. The van der Waals surface area contributed by atoms with E-state index in [2.05, 4.69) is 0 Å². The van der Waals surface area contributed by atoms with E-state index in [0.717, 1.165) is 17.0 Å². The molecule has 1 aromatic rings. The summed E-state index contributed by atoms with van der Waals surface area (Å²) < 4.78 is 38.2. The molecule has 1 amide bonds. The maximum Gasteiger partial charge on any atom is 0.416 e. The highest BCUT2D eigenvalue weighted by atomic mass is 19.4. The van der Waals surface area contributed by atoms with Gasteiger partial charge in [0.05, 0.1) is 18.2 Å². The predicted octanol–water partition coefficient (Wildman–Crippen LogP) is 4.50. The van der Waals surface area contributed by atoms with Crippen molar-refractivity contribution in [2.24, 2.45) is 0 Å². The molecule has 0 aliphatic rings. The summed E-state index contributed by atoms with van der Waals surface area (Å²) in [6.45, 7) is 6.36. The zero-order valence-corrected chi connectivity index (χ0v) is 14.7. The molecule has 0 saturated carbocycles. The number of carboxylic acid groups (broad SMARTS) is 1. The van der Waals surface area contributed by atoms with Crippen molar-refractivity contribution in [3.8, 4) is 0 Å². The summed E-state index contributed by atoms with van der Waals surface area (Å²) in [6, 6.07) is 3.73. The molecular weight excluding hydrogens is 335 g/mol. The number of rotatable bonds is 5. The SMILES string of the molecule is CC=CC(c1ccc(C(F)(F)F)cc1)[C@@H](CO)N(C(=O)O)C(C)(C)C. The van der Waals surface area contributed by atoms with Crippen LogP contribution in [0.5, 0.6) is 0 Å². The van der Waals surface area contributed by atoms with Gasteiger partial charge in [0.15, 0.2) is 0 Å². The number of aliphatic hydroxyl groups excluding tert-OH is 1. The van der Waals surface area contributed by atoms with E-state index in [1.165, 1.54) is 12.1 Å². The Morgan fingerprint density at radius 3 is 2.04 bits per heavy atom. The molecule has 140 valence electrons. The highest BCUT2D eigenvalue weighted by Gasteiger charge is 2.37. The smallest absolute Gasteiger partial charge is 0.416 e. The fourth-order valence-corrected chi connectivity index (χ4v) is 2.85. The number of halogens is 3. The lowest BCUT2D eigenvalue weighted by Crippen LogP contribution is -2.54. The van der Waals surface area contributed by atoms with Crippen LogP contribution in [0.2, 0.25) is 0 Å². The number of carbonyl (C=O) groups is 1. The lowest BCUT2D eigenvalue weighted by atomic mass is 9.87. The van der Waals surface area contributed by atoms with Gasteiger partial charge in [-0.2, -0.15) is 13.2 Å². The van der Waals surface area contributed by atoms with E-state index in [0.29, 0.717) is 5.56 Å². The number of benzene rings is 1. The molecule has 2 atom stereocenters. The minimum absolute atomic E-state index is 0.459. The van der Waals surface area contributed by atoms with Gasteiger partial charge in [0.1, 0.15) is 0 Å². The van der Waals surface area contributed by atoms with E-state index in [1.54, 1.807) is 39.8 Å². The first kappa shape index (κ1) is 21.0. The summed E-state index contributed by atoms with van der Waals surface area (Å²) in [4.78, 5) is 12.8. The van der Waals surface area contributed by atoms with Gasteiger partial charge in [-0.1, -0.05) is 24.3 Å². The lowest BCUT2D eigenvalue weighted by molar-refractivity contribution is -0.137. The Bertz CT molecular complexity index is 603. The third kappa shape index (κ3) is 5.22. The van der Waals surface area contributed by atoms with Gasteiger partial charge in [-0.05, 0) is 45.4 Å². The number of hydrogen-bond acceptors (Lipinski definition) is 2. The fourth-order valence-electron chi connectivity index (χ4n) is 2.85. The van der Waals surface area contributed by atoms with Gasteiger partial charge in [-0.15, -0.1) is 0 Å². The zero-order valence-electron chi connectivity index (χ0n) is 14.7. The van der Waals surface area contributed by atoms with Crippen molar-refractivity contribution in [3.63, 3.8) is 0 Å². The molecule has 2 N–H and O–H groups in total. The topological polar surface area (TPSA) is 60.8 Å². The van der Waals surface area contributed by atoms with Crippen LogP contribution in [0.25, 0.3) is 0 Å². The van der Waals surface area contributed by atoms with Crippen LogP contribution in [0.3, 0.4) is 0 Å². The largest absolute Gasteiger partial charge is 0.465 e. The Balaban J connectivity index is 3.34. The predicted molar refractivity (Wildman–Crippen MR) is 89.5 cm³/mol. The van der Waals surface area contributed by atoms with Crippen molar-refractivity contribution in [2.45, 2.75) is 51.4 Å². The van der Waals surface area contributed by atoms with Crippen LogP contribution in [0.1, 0.15) is 44.7 Å². The Hall–Kier alpha value is -2.02. The number of aliphatic hydroxyl groups is 1. The van der Waals surface area contributed by atoms with Gasteiger partial charge in [-0.3, -0.25) is 4.90 Å². The number of allylic oxidation sites excluding steroid dienone is 1. The monoisotopic (exact) mass is 359 g/mol. The van der Waals surface area contributed by atoms with Crippen molar-refractivity contribution in [2.75, 3.05) is 6.61 Å². The first-order chi connectivity index (χ1) is 11.4. The Morgan fingerprint density at radius 1 is 1.20 bits per heavy atom. The van der Waals surface area contributed by atoms with Crippen LogP contribution in [0, 0.1) is 0 Å². The summed E-state index contributed by atoms with van der Waals surface area (Å²) >= 11 is 0. The average molecular weight is 359 g/mol. The Morgan fingerprint density at radius 2 is 1.72 bits per heavy atom. The molecule has 0 aliphatic carbocycles. The number of hydrogen-bond donors (Lipinski definition) is 2. The van der Waals surface area contributed by atoms with Crippen molar-refractivity contribution in [3.05, 3.63) is 47.5 Å². The van der Waals surface area contributed by atoms with Crippen LogP contribution in [0.4, 0.5) is 18.0 Å². The molecule has 0 aliphatic heterocycles. The van der Waals surface area contributed by atoms with Crippen molar-refractivity contribution in [1.29, 1.82) is 0 Å². The molecule has 0 spiro atoms. The van der Waals surface area contributed by atoms with Crippen LogP contribution in [-0.4, -0.2) is 39.4 Å². The van der Waals surface area contributed by atoms with Crippen molar-refractivity contribution in [1.82, 2.24) is 4.90 Å². The van der Waals surface area contributed by atoms with E-state index >= 15 is 0 Å². The number of alkyl halides is 3. The minimum Gasteiger partial charge on any atom is -0.465 e. The van der Waals surface area contributed by atoms with Crippen LogP contribution in [-0.2, 0) is 6.18 Å². The van der Waals surface area contributed by atoms with E-state index in [1.807, 2.05) is 0 Å². The molecule has 7 heteroatoms. The number of nitrogens with zero attached hydrogens (tertiary/aromatic N) is 1. The maximum absolute atomic E-state index is 12.7. The van der Waals surface area contributed by atoms with Crippen LogP contribution >= 0.6 is 0 Å². The second-order valence-electron chi connectivity index (χ2n) is 6.74.